The highest BCUT2D eigenvalue weighted by Crippen LogP contribution is 2.35. The number of ether oxygens (including phenoxy) is 3. The van der Waals surface area contributed by atoms with Crippen molar-refractivity contribution in [2.24, 2.45) is 0 Å². The highest BCUT2D eigenvalue weighted by Gasteiger charge is 2.28. The Kier molecular flexibility index (Phi) is 4.33. The van der Waals surface area contributed by atoms with Gasteiger partial charge in [-0.3, -0.25) is 9.59 Å². The molecule has 2 aliphatic rings. The Hall–Kier alpha value is -3.52. The molecule has 0 saturated carbocycles. The lowest BCUT2D eigenvalue weighted by Crippen LogP contribution is -2.27. The summed E-state index contributed by atoms with van der Waals surface area (Å²) in [6, 6.07) is 12.3. The molecule has 0 bridgehead atoms. The second-order valence-corrected chi connectivity index (χ2v) is 6.82. The Morgan fingerprint density at radius 3 is 2.72 bits per heavy atom. The fourth-order valence-electron chi connectivity index (χ4n) is 3.48. The maximum atomic E-state index is 12.9. The van der Waals surface area contributed by atoms with Crippen LogP contribution in [0.25, 0.3) is 11.0 Å². The third-order valence-corrected chi connectivity index (χ3v) is 4.90. The van der Waals surface area contributed by atoms with Crippen molar-refractivity contribution in [3.05, 3.63) is 48.2 Å². The minimum Gasteiger partial charge on any atom is -0.454 e. The van der Waals surface area contributed by atoms with E-state index in [0.717, 1.165) is 6.42 Å². The van der Waals surface area contributed by atoms with E-state index in [4.69, 9.17) is 18.6 Å². The Bertz CT molecular complexity index is 1100. The van der Waals surface area contributed by atoms with Crippen LogP contribution in [0.15, 0.2) is 46.9 Å². The van der Waals surface area contributed by atoms with Crippen molar-refractivity contribution in [3.63, 3.8) is 0 Å². The summed E-state index contributed by atoms with van der Waals surface area (Å²) in [5, 5.41) is 6.25. The summed E-state index contributed by atoms with van der Waals surface area (Å²) in [6.45, 7) is 0.706. The first kappa shape index (κ1) is 17.6. The number of hydrogen-bond acceptors (Lipinski definition) is 6. The smallest absolute Gasteiger partial charge is 0.293 e. The third-order valence-electron chi connectivity index (χ3n) is 4.90. The molecular weight excluding hydrogens is 376 g/mol. The van der Waals surface area contributed by atoms with E-state index in [0.29, 0.717) is 46.9 Å². The van der Waals surface area contributed by atoms with Crippen LogP contribution in [0.4, 0.5) is 11.4 Å². The quantitative estimate of drug-likeness (QED) is 0.702. The average Bonchev–Trinajstić information content (AvgIpc) is 3.47. The van der Waals surface area contributed by atoms with Gasteiger partial charge in [-0.05, 0) is 37.1 Å². The lowest BCUT2D eigenvalue weighted by molar-refractivity contribution is -0.124. The van der Waals surface area contributed by atoms with Gasteiger partial charge in [-0.1, -0.05) is 12.1 Å². The van der Waals surface area contributed by atoms with Crippen LogP contribution in [0.2, 0.25) is 0 Å². The second kappa shape index (κ2) is 7.14. The first-order valence-electron chi connectivity index (χ1n) is 9.34. The molecule has 1 aromatic heterocycles. The Morgan fingerprint density at radius 1 is 1.00 bits per heavy atom. The topological polar surface area (TPSA) is 99.0 Å². The van der Waals surface area contributed by atoms with Crippen molar-refractivity contribution in [2.45, 2.75) is 18.9 Å². The summed E-state index contributed by atoms with van der Waals surface area (Å²) in [4.78, 5) is 25.5. The minimum absolute atomic E-state index is 0.0233. The van der Waals surface area contributed by atoms with Crippen LogP contribution < -0.4 is 20.1 Å². The number of amides is 2. The molecule has 5 rings (SSSR count). The van der Waals surface area contributed by atoms with Crippen LogP contribution >= 0.6 is 0 Å². The summed E-state index contributed by atoms with van der Waals surface area (Å²) >= 11 is 0. The van der Waals surface area contributed by atoms with Gasteiger partial charge in [0.15, 0.2) is 11.5 Å². The van der Waals surface area contributed by atoms with Crippen LogP contribution in [0, 0.1) is 0 Å². The second-order valence-electron chi connectivity index (χ2n) is 6.82. The van der Waals surface area contributed by atoms with Gasteiger partial charge >= 0.3 is 0 Å². The Morgan fingerprint density at radius 2 is 1.86 bits per heavy atom. The number of anilines is 2. The van der Waals surface area contributed by atoms with E-state index < -0.39 is 12.0 Å². The molecule has 2 N–H and O–H groups in total. The van der Waals surface area contributed by atoms with Gasteiger partial charge in [0, 0.05) is 23.7 Å². The number of hydrogen-bond donors (Lipinski definition) is 2. The summed E-state index contributed by atoms with van der Waals surface area (Å²) in [6.07, 6.45) is 0.968. The summed E-state index contributed by atoms with van der Waals surface area (Å²) in [7, 11) is 0. The van der Waals surface area contributed by atoms with E-state index in [2.05, 4.69) is 10.6 Å². The Balaban J connectivity index is 1.45. The van der Waals surface area contributed by atoms with Gasteiger partial charge in [-0.15, -0.1) is 0 Å². The molecule has 1 atom stereocenters. The fourth-order valence-corrected chi connectivity index (χ4v) is 3.48. The molecule has 8 nitrogen and oxygen atoms in total. The molecule has 0 aliphatic carbocycles. The van der Waals surface area contributed by atoms with Crippen LogP contribution in [0.3, 0.4) is 0 Å². The van der Waals surface area contributed by atoms with Crippen LogP contribution in [0.5, 0.6) is 11.5 Å². The van der Waals surface area contributed by atoms with Gasteiger partial charge in [0.2, 0.25) is 12.6 Å². The van der Waals surface area contributed by atoms with Crippen molar-refractivity contribution < 1.29 is 28.2 Å². The van der Waals surface area contributed by atoms with Crippen molar-refractivity contribution in [3.8, 4) is 11.5 Å². The van der Waals surface area contributed by atoms with Crippen LogP contribution in [-0.4, -0.2) is 31.3 Å². The van der Waals surface area contributed by atoms with E-state index >= 15 is 0 Å². The molecule has 2 aliphatic heterocycles. The van der Waals surface area contributed by atoms with Crippen LogP contribution in [0.1, 0.15) is 23.4 Å². The molecule has 29 heavy (non-hydrogen) atoms. The number of carbonyl (C=O) groups is 2. The van der Waals surface area contributed by atoms with Crippen LogP contribution in [-0.2, 0) is 9.53 Å². The fraction of sp³-hybridized carbons (Fsp3) is 0.238. The Labute approximate surface area is 165 Å². The molecule has 2 aromatic carbocycles. The number of carbonyl (C=O) groups excluding carboxylic acids is 2. The summed E-state index contributed by atoms with van der Waals surface area (Å²) in [5.74, 6) is 0.430. The van der Waals surface area contributed by atoms with Gasteiger partial charge in [0.05, 0.1) is 0 Å². The molecule has 0 radical (unpaired) electrons. The zero-order valence-electron chi connectivity index (χ0n) is 15.4. The SMILES string of the molecule is O=C(Nc1ccc2c(c1)OCO2)c1oc2ccccc2c1NC(=O)C1CCCO1. The van der Waals surface area contributed by atoms with Gasteiger partial charge in [0.1, 0.15) is 17.4 Å². The third kappa shape index (κ3) is 3.27. The molecule has 3 heterocycles. The van der Waals surface area contributed by atoms with Crippen molar-refractivity contribution in [1.82, 2.24) is 0 Å². The highest BCUT2D eigenvalue weighted by atomic mass is 16.7. The maximum Gasteiger partial charge on any atom is 0.293 e. The predicted octanol–water partition coefficient (Wildman–Crippen LogP) is 3.53. The van der Waals surface area contributed by atoms with E-state index in [1.54, 1.807) is 36.4 Å². The lowest BCUT2D eigenvalue weighted by Gasteiger charge is -2.11. The first-order valence-corrected chi connectivity index (χ1v) is 9.34. The normalized spacial score (nSPS) is 17.4. The van der Waals surface area contributed by atoms with Gasteiger partial charge in [-0.2, -0.15) is 0 Å². The largest absolute Gasteiger partial charge is 0.454 e. The predicted molar refractivity (Wildman–Crippen MR) is 104 cm³/mol. The highest BCUT2D eigenvalue weighted by molar-refractivity contribution is 6.15. The summed E-state index contributed by atoms with van der Waals surface area (Å²) < 4.78 is 21.8. The van der Waals surface area contributed by atoms with E-state index in [1.807, 2.05) is 6.07 Å². The molecule has 8 heteroatoms. The van der Waals surface area contributed by atoms with Gasteiger partial charge in [0.25, 0.3) is 11.8 Å². The molecule has 1 unspecified atom stereocenters. The number of benzene rings is 2. The molecule has 148 valence electrons. The monoisotopic (exact) mass is 394 g/mol. The molecular formula is C21H18N2O6. The molecule has 1 fully saturated rings. The average molecular weight is 394 g/mol. The number of para-hydroxylation sites is 1. The van der Waals surface area contributed by atoms with E-state index in [9.17, 15) is 9.59 Å². The lowest BCUT2D eigenvalue weighted by atomic mass is 10.2. The summed E-state index contributed by atoms with van der Waals surface area (Å²) in [5.41, 5.74) is 1.36. The number of nitrogens with one attached hydrogen (secondary N) is 2. The van der Waals surface area contributed by atoms with Crippen molar-refractivity contribution in [1.29, 1.82) is 0 Å². The molecule has 2 amide bonds. The standard InChI is InChI=1S/C21H18N2O6/c24-20(16-6-3-9-26-16)23-18-13-4-1-2-5-14(13)29-19(18)21(25)22-12-7-8-15-17(10-12)28-11-27-15/h1-2,4-5,7-8,10,16H,3,6,9,11H2,(H,22,25)(H,23,24). The zero-order valence-corrected chi connectivity index (χ0v) is 15.4. The van der Waals surface area contributed by atoms with Crippen molar-refractivity contribution in [2.75, 3.05) is 24.0 Å². The first-order chi connectivity index (χ1) is 14.2. The number of furan rings is 1. The molecule has 1 saturated heterocycles. The molecule has 0 spiro atoms. The molecule has 3 aromatic rings. The maximum absolute atomic E-state index is 12.9. The van der Waals surface area contributed by atoms with E-state index in [-0.39, 0.29) is 18.5 Å². The number of rotatable bonds is 4. The van der Waals surface area contributed by atoms with Gasteiger partial charge in [-0.25, -0.2) is 0 Å². The number of fused-ring (bicyclic) bond motifs is 2. The minimum atomic E-state index is -0.520. The van der Waals surface area contributed by atoms with Gasteiger partial charge < -0.3 is 29.3 Å². The van der Waals surface area contributed by atoms with Crippen molar-refractivity contribution >= 4 is 34.2 Å². The zero-order chi connectivity index (χ0) is 19.8. The van der Waals surface area contributed by atoms with E-state index in [1.165, 1.54) is 0 Å².